The van der Waals surface area contributed by atoms with E-state index in [1.165, 1.54) is 7.11 Å². The van der Waals surface area contributed by atoms with E-state index >= 15 is 0 Å². The molecule has 1 aromatic carbocycles. The number of ether oxygens (including phenoxy) is 1. The van der Waals surface area contributed by atoms with Crippen molar-refractivity contribution < 1.29 is 9.53 Å². The van der Waals surface area contributed by atoms with Crippen LogP contribution >= 0.6 is 11.6 Å². The molecule has 0 fully saturated rings. The molecule has 0 aliphatic rings. The molecule has 0 aromatic heterocycles. The summed E-state index contributed by atoms with van der Waals surface area (Å²) >= 11 is 6.10. The van der Waals surface area contributed by atoms with Crippen LogP contribution in [0.2, 0.25) is 5.02 Å². The highest BCUT2D eigenvalue weighted by Crippen LogP contribution is 2.33. The first-order valence-electron chi connectivity index (χ1n) is 5.09. The van der Waals surface area contributed by atoms with Gasteiger partial charge in [0.2, 0.25) is 0 Å². The van der Waals surface area contributed by atoms with Crippen LogP contribution in [-0.2, 0) is 0 Å². The quantitative estimate of drug-likeness (QED) is 0.824. The number of halogens is 1. The second-order valence-electron chi connectivity index (χ2n) is 3.68. The van der Waals surface area contributed by atoms with Crippen molar-refractivity contribution in [2.45, 2.75) is 20.3 Å². The molecule has 0 bridgehead atoms. The van der Waals surface area contributed by atoms with Crippen LogP contribution < -0.4 is 10.5 Å². The molecular formula is C12H16ClNO2. The molecule has 0 spiro atoms. The highest BCUT2D eigenvalue weighted by Gasteiger charge is 2.17. The van der Waals surface area contributed by atoms with Crippen molar-refractivity contribution in [3.8, 4) is 5.75 Å². The third-order valence-corrected chi connectivity index (χ3v) is 3.08. The molecule has 4 heteroatoms. The number of aryl methyl sites for hydroxylation is 1. The van der Waals surface area contributed by atoms with Gasteiger partial charge in [0.25, 0.3) is 0 Å². The van der Waals surface area contributed by atoms with E-state index in [2.05, 4.69) is 0 Å². The van der Waals surface area contributed by atoms with Gasteiger partial charge in [-0.05, 0) is 32.0 Å². The van der Waals surface area contributed by atoms with Crippen molar-refractivity contribution in [2.75, 3.05) is 13.7 Å². The van der Waals surface area contributed by atoms with Crippen LogP contribution in [-0.4, -0.2) is 19.4 Å². The molecule has 0 radical (unpaired) electrons. The van der Waals surface area contributed by atoms with E-state index in [4.69, 9.17) is 22.1 Å². The highest BCUT2D eigenvalue weighted by atomic mass is 35.5. The zero-order valence-electron chi connectivity index (χ0n) is 9.76. The standard InChI is InChI=1S/C12H16ClNO2/c1-7-6-9(10(15)4-5-14)12(16-3)8(2)11(7)13/h6H,4-5,14H2,1-3H3. The Kier molecular flexibility index (Phi) is 4.33. The molecule has 0 heterocycles. The van der Waals surface area contributed by atoms with Crippen LogP contribution in [0.1, 0.15) is 27.9 Å². The fourth-order valence-corrected chi connectivity index (χ4v) is 1.82. The Morgan fingerprint density at radius 3 is 2.62 bits per heavy atom. The van der Waals surface area contributed by atoms with Crippen molar-refractivity contribution in [3.05, 3.63) is 27.8 Å². The van der Waals surface area contributed by atoms with E-state index < -0.39 is 0 Å². The van der Waals surface area contributed by atoms with Crippen LogP contribution in [0.4, 0.5) is 0 Å². The summed E-state index contributed by atoms with van der Waals surface area (Å²) < 4.78 is 5.23. The number of nitrogens with two attached hydrogens (primary N) is 1. The summed E-state index contributed by atoms with van der Waals surface area (Å²) in [5.74, 6) is 0.538. The number of methoxy groups -OCH3 is 1. The smallest absolute Gasteiger partial charge is 0.167 e. The second kappa shape index (κ2) is 5.32. The number of carbonyl (C=O) groups is 1. The first-order chi connectivity index (χ1) is 7.52. The lowest BCUT2D eigenvalue weighted by molar-refractivity contribution is 0.0982. The maximum atomic E-state index is 11.8. The molecular weight excluding hydrogens is 226 g/mol. The molecule has 3 nitrogen and oxygen atoms in total. The fraction of sp³-hybridized carbons (Fsp3) is 0.417. The van der Waals surface area contributed by atoms with Crippen molar-refractivity contribution in [3.63, 3.8) is 0 Å². The van der Waals surface area contributed by atoms with Gasteiger partial charge in [-0.15, -0.1) is 0 Å². The van der Waals surface area contributed by atoms with Gasteiger partial charge in [0.1, 0.15) is 5.75 Å². The van der Waals surface area contributed by atoms with Crippen LogP contribution in [0.25, 0.3) is 0 Å². The summed E-state index contributed by atoms with van der Waals surface area (Å²) in [5, 5.41) is 0.640. The fourth-order valence-electron chi connectivity index (χ4n) is 1.68. The molecule has 2 N–H and O–H groups in total. The third kappa shape index (κ3) is 2.36. The first-order valence-corrected chi connectivity index (χ1v) is 5.47. The van der Waals surface area contributed by atoms with Crippen molar-refractivity contribution >= 4 is 17.4 Å². The van der Waals surface area contributed by atoms with Gasteiger partial charge in [-0.2, -0.15) is 0 Å². The number of Topliss-reactive ketones (excluding diaryl/α,β-unsaturated/α-hetero) is 1. The number of benzene rings is 1. The zero-order valence-corrected chi connectivity index (χ0v) is 10.5. The SMILES string of the molecule is COc1c(C(=O)CCN)cc(C)c(Cl)c1C. The van der Waals surface area contributed by atoms with Crippen LogP contribution in [0.5, 0.6) is 5.75 Å². The van der Waals surface area contributed by atoms with E-state index in [0.717, 1.165) is 11.1 Å². The Balaban J connectivity index is 3.33. The summed E-state index contributed by atoms with van der Waals surface area (Å²) in [5.41, 5.74) is 7.61. The van der Waals surface area contributed by atoms with Gasteiger partial charge in [-0.25, -0.2) is 0 Å². The van der Waals surface area contributed by atoms with E-state index in [9.17, 15) is 4.79 Å². The number of hydrogen-bond donors (Lipinski definition) is 1. The molecule has 88 valence electrons. The Morgan fingerprint density at radius 1 is 1.50 bits per heavy atom. The summed E-state index contributed by atoms with van der Waals surface area (Å²) in [6.45, 7) is 4.05. The molecule has 0 saturated carbocycles. The van der Waals surface area contributed by atoms with Gasteiger partial charge in [0, 0.05) is 12.0 Å². The lowest BCUT2D eigenvalue weighted by Gasteiger charge is -2.13. The van der Waals surface area contributed by atoms with Crippen LogP contribution in [0.3, 0.4) is 0 Å². The van der Waals surface area contributed by atoms with Gasteiger partial charge in [0.05, 0.1) is 17.7 Å². The lowest BCUT2D eigenvalue weighted by Crippen LogP contribution is -2.10. The molecule has 0 aliphatic carbocycles. The number of ketones is 1. The maximum Gasteiger partial charge on any atom is 0.167 e. The molecule has 0 aliphatic heterocycles. The van der Waals surface area contributed by atoms with Crippen LogP contribution in [0, 0.1) is 13.8 Å². The lowest BCUT2D eigenvalue weighted by atomic mass is 10.0. The van der Waals surface area contributed by atoms with E-state index in [1.807, 2.05) is 13.8 Å². The Morgan fingerprint density at radius 2 is 2.12 bits per heavy atom. The zero-order chi connectivity index (χ0) is 12.3. The Labute approximate surface area is 101 Å². The second-order valence-corrected chi connectivity index (χ2v) is 4.05. The highest BCUT2D eigenvalue weighted by molar-refractivity contribution is 6.32. The van der Waals surface area contributed by atoms with Crippen LogP contribution in [0.15, 0.2) is 6.07 Å². The third-order valence-electron chi connectivity index (χ3n) is 2.50. The normalized spacial score (nSPS) is 10.3. The Hall–Kier alpha value is -1.06. The summed E-state index contributed by atoms with van der Waals surface area (Å²) in [6.07, 6.45) is 0.316. The predicted molar refractivity (Wildman–Crippen MR) is 65.5 cm³/mol. The molecule has 0 atom stereocenters. The summed E-state index contributed by atoms with van der Waals surface area (Å²) in [7, 11) is 1.53. The van der Waals surface area contributed by atoms with Gasteiger partial charge in [-0.3, -0.25) is 4.79 Å². The molecule has 0 amide bonds. The van der Waals surface area contributed by atoms with Gasteiger partial charge < -0.3 is 10.5 Å². The topological polar surface area (TPSA) is 52.3 Å². The van der Waals surface area contributed by atoms with E-state index in [-0.39, 0.29) is 5.78 Å². The largest absolute Gasteiger partial charge is 0.496 e. The minimum Gasteiger partial charge on any atom is -0.496 e. The van der Waals surface area contributed by atoms with Gasteiger partial charge >= 0.3 is 0 Å². The predicted octanol–water partition coefficient (Wildman–Crippen LogP) is 2.50. The average molecular weight is 242 g/mol. The maximum absolute atomic E-state index is 11.8. The summed E-state index contributed by atoms with van der Waals surface area (Å²) in [6, 6.07) is 1.76. The monoisotopic (exact) mass is 241 g/mol. The molecule has 16 heavy (non-hydrogen) atoms. The van der Waals surface area contributed by atoms with E-state index in [1.54, 1.807) is 6.07 Å². The van der Waals surface area contributed by atoms with E-state index in [0.29, 0.717) is 29.3 Å². The van der Waals surface area contributed by atoms with Crippen molar-refractivity contribution in [1.29, 1.82) is 0 Å². The first kappa shape index (κ1) is 13.0. The Bertz CT molecular complexity index is 416. The minimum atomic E-state index is -0.0118. The number of carbonyl (C=O) groups excluding carboxylic acids is 1. The number of hydrogen-bond acceptors (Lipinski definition) is 3. The van der Waals surface area contributed by atoms with Crippen molar-refractivity contribution in [1.82, 2.24) is 0 Å². The molecule has 1 rings (SSSR count). The molecule has 0 saturated heterocycles. The number of rotatable bonds is 4. The van der Waals surface area contributed by atoms with Gasteiger partial charge in [-0.1, -0.05) is 11.6 Å². The average Bonchev–Trinajstić information content (AvgIpc) is 2.26. The summed E-state index contributed by atoms with van der Waals surface area (Å²) in [4.78, 5) is 11.8. The van der Waals surface area contributed by atoms with Gasteiger partial charge in [0.15, 0.2) is 5.78 Å². The minimum absolute atomic E-state index is 0.0118. The molecule has 1 aromatic rings. The molecule has 0 unspecified atom stereocenters. The van der Waals surface area contributed by atoms with Crippen molar-refractivity contribution in [2.24, 2.45) is 5.73 Å².